The van der Waals surface area contributed by atoms with Crippen LogP contribution in [0.15, 0.2) is 18.2 Å². The summed E-state index contributed by atoms with van der Waals surface area (Å²) >= 11 is 12.4. The van der Waals surface area contributed by atoms with Gasteiger partial charge < -0.3 is 5.32 Å². The highest BCUT2D eigenvalue weighted by Crippen LogP contribution is 2.34. The van der Waals surface area contributed by atoms with Crippen LogP contribution in [0.2, 0.25) is 10.0 Å². The van der Waals surface area contributed by atoms with Gasteiger partial charge in [0.25, 0.3) is 0 Å². The molecule has 1 saturated carbocycles. The molecule has 1 aromatic carbocycles. The van der Waals surface area contributed by atoms with Gasteiger partial charge in [-0.3, -0.25) is 0 Å². The Morgan fingerprint density at radius 3 is 2.63 bits per heavy atom. The molecule has 19 heavy (non-hydrogen) atoms. The summed E-state index contributed by atoms with van der Waals surface area (Å²) in [5.74, 6) is 1.52. The highest BCUT2D eigenvalue weighted by atomic mass is 35.5. The summed E-state index contributed by atoms with van der Waals surface area (Å²) in [5, 5.41) is 5.15. The maximum atomic E-state index is 6.29. The van der Waals surface area contributed by atoms with Crippen LogP contribution in [0.1, 0.15) is 38.2 Å². The zero-order chi connectivity index (χ0) is 13.7. The lowest BCUT2D eigenvalue weighted by Gasteiger charge is -2.32. The van der Waals surface area contributed by atoms with Crippen LogP contribution in [0.25, 0.3) is 0 Å². The van der Waals surface area contributed by atoms with Crippen LogP contribution in [0.5, 0.6) is 0 Å². The summed E-state index contributed by atoms with van der Waals surface area (Å²) in [5.41, 5.74) is 1.21. The van der Waals surface area contributed by atoms with E-state index >= 15 is 0 Å². The van der Waals surface area contributed by atoms with Crippen molar-refractivity contribution in [2.75, 3.05) is 13.1 Å². The molecule has 0 bridgehead atoms. The van der Waals surface area contributed by atoms with Crippen molar-refractivity contribution in [2.45, 2.75) is 39.0 Å². The molecular weight excluding hydrogens is 277 g/mol. The van der Waals surface area contributed by atoms with Crippen LogP contribution in [0.4, 0.5) is 0 Å². The molecule has 2 rings (SSSR count). The second-order valence-corrected chi connectivity index (χ2v) is 6.40. The van der Waals surface area contributed by atoms with E-state index in [-0.39, 0.29) is 0 Å². The summed E-state index contributed by atoms with van der Waals surface area (Å²) in [6.45, 7) is 4.37. The van der Waals surface area contributed by atoms with E-state index in [0.29, 0.717) is 0 Å². The van der Waals surface area contributed by atoms with Gasteiger partial charge in [0.2, 0.25) is 0 Å². The van der Waals surface area contributed by atoms with Gasteiger partial charge in [-0.05, 0) is 68.0 Å². The molecule has 3 heteroatoms. The lowest BCUT2D eigenvalue weighted by atomic mass is 9.76. The Morgan fingerprint density at radius 2 is 1.89 bits per heavy atom. The van der Waals surface area contributed by atoms with Crippen LogP contribution in [0, 0.1) is 11.8 Å². The summed E-state index contributed by atoms with van der Waals surface area (Å²) < 4.78 is 0. The molecule has 0 aromatic heterocycles. The van der Waals surface area contributed by atoms with Gasteiger partial charge in [-0.1, -0.05) is 43.0 Å². The summed E-state index contributed by atoms with van der Waals surface area (Å²) in [7, 11) is 0. The second-order valence-electron chi connectivity index (χ2n) is 5.55. The van der Waals surface area contributed by atoms with E-state index in [4.69, 9.17) is 23.2 Å². The molecular formula is C16H23Cl2N. The summed E-state index contributed by atoms with van der Waals surface area (Å²) in [6.07, 6.45) is 6.45. The molecule has 0 spiro atoms. The van der Waals surface area contributed by atoms with E-state index < -0.39 is 0 Å². The predicted molar refractivity (Wildman–Crippen MR) is 84.2 cm³/mol. The summed E-state index contributed by atoms with van der Waals surface area (Å²) in [4.78, 5) is 0. The van der Waals surface area contributed by atoms with Gasteiger partial charge in [-0.25, -0.2) is 0 Å². The predicted octanol–water partition coefficient (Wildman–Crippen LogP) is 4.95. The molecule has 0 aliphatic heterocycles. The minimum Gasteiger partial charge on any atom is -0.317 e. The number of benzene rings is 1. The monoisotopic (exact) mass is 299 g/mol. The van der Waals surface area contributed by atoms with Crippen molar-refractivity contribution < 1.29 is 0 Å². The molecule has 1 nitrogen and oxygen atoms in total. The lowest BCUT2D eigenvalue weighted by Crippen LogP contribution is -2.31. The van der Waals surface area contributed by atoms with Crippen LogP contribution in [-0.4, -0.2) is 13.1 Å². The SMILES string of the molecule is CCNCC1CCCCC1Cc1cc(Cl)ccc1Cl. The van der Waals surface area contributed by atoms with Crippen molar-refractivity contribution in [3.05, 3.63) is 33.8 Å². The number of hydrogen-bond donors (Lipinski definition) is 1. The molecule has 106 valence electrons. The van der Waals surface area contributed by atoms with Crippen LogP contribution >= 0.6 is 23.2 Å². The average Bonchev–Trinajstić information content (AvgIpc) is 2.42. The number of nitrogens with one attached hydrogen (secondary N) is 1. The third kappa shape index (κ3) is 4.37. The molecule has 0 heterocycles. The first-order chi connectivity index (χ1) is 9.20. The molecule has 1 fully saturated rings. The van der Waals surface area contributed by atoms with Crippen molar-refractivity contribution in [1.29, 1.82) is 0 Å². The first-order valence-electron chi connectivity index (χ1n) is 7.35. The van der Waals surface area contributed by atoms with Crippen LogP contribution < -0.4 is 5.32 Å². The Balaban J connectivity index is 2.04. The minimum absolute atomic E-state index is 0.740. The maximum absolute atomic E-state index is 6.29. The fourth-order valence-electron chi connectivity index (χ4n) is 3.13. The molecule has 2 unspecified atom stereocenters. The topological polar surface area (TPSA) is 12.0 Å². The van der Waals surface area contributed by atoms with E-state index in [1.165, 1.54) is 31.2 Å². The van der Waals surface area contributed by atoms with Crippen molar-refractivity contribution >= 4 is 23.2 Å². The van der Waals surface area contributed by atoms with E-state index in [2.05, 4.69) is 12.2 Å². The molecule has 1 N–H and O–H groups in total. The zero-order valence-electron chi connectivity index (χ0n) is 11.6. The maximum Gasteiger partial charge on any atom is 0.0439 e. The minimum atomic E-state index is 0.740. The Kier molecular flexibility index (Phi) is 6.00. The number of halogens is 2. The van der Waals surface area contributed by atoms with Crippen molar-refractivity contribution in [2.24, 2.45) is 11.8 Å². The number of rotatable bonds is 5. The van der Waals surface area contributed by atoms with Gasteiger partial charge in [-0.15, -0.1) is 0 Å². The molecule has 1 aromatic rings. The first-order valence-corrected chi connectivity index (χ1v) is 8.11. The van der Waals surface area contributed by atoms with Crippen LogP contribution in [-0.2, 0) is 6.42 Å². The smallest absolute Gasteiger partial charge is 0.0439 e. The molecule has 2 atom stereocenters. The zero-order valence-corrected chi connectivity index (χ0v) is 13.1. The highest BCUT2D eigenvalue weighted by Gasteiger charge is 2.25. The normalized spacial score (nSPS) is 23.5. The highest BCUT2D eigenvalue weighted by molar-refractivity contribution is 6.33. The van der Waals surface area contributed by atoms with Crippen molar-refractivity contribution in [3.8, 4) is 0 Å². The van der Waals surface area contributed by atoms with E-state index in [9.17, 15) is 0 Å². The molecule has 0 amide bonds. The Labute approximate surface area is 126 Å². The van der Waals surface area contributed by atoms with Gasteiger partial charge in [-0.2, -0.15) is 0 Å². The molecule has 0 radical (unpaired) electrons. The van der Waals surface area contributed by atoms with Gasteiger partial charge in [0.05, 0.1) is 0 Å². The third-order valence-electron chi connectivity index (χ3n) is 4.21. The molecule has 0 saturated heterocycles. The van der Waals surface area contributed by atoms with Gasteiger partial charge in [0.15, 0.2) is 0 Å². The quantitative estimate of drug-likeness (QED) is 0.811. The summed E-state index contributed by atoms with van der Waals surface area (Å²) in [6, 6.07) is 5.81. The van der Waals surface area contributed by atoms with E-state index in [0.717, 1.165) is 41.4 Å². The van der Waals surface area contributed by atoms with E-state index in [1.807, 2.05) is 18.2 Å². The standard InChI is InChI=1S/C16H23Cl2N/c1-2-19-11-13-6-4-3-5-12(13)9-14-10-15(17)7-8-16(14)18/h7-8,10,12-13,19H,2-6,9,11H2,1H3. The lowest BCUT2D eigenvalue weighted by molar-refractivity contribution is 0.229. The number of hydrogen-bond acceptors (Lipinski definition) is 1. The van der Waals surface area contributed by atoms with Crippen LogP contribution in [0.3, 0.4) is 0 Å². The van der Waals surface area contributed by atoms with Gasteiger partial charge >= 0.3 is 0 Å². The van der Waals surface area contributed by atoms with E-state index in [1.54, 1.807) is 0 Å². The van der Waals surface area contributed by atoms with Gasteiger partial charge in [0, 0.05) is 10.0 Å². The largest absolute Gasteiger partial charge is 0.317 e. The average molecular weight is 300 g/mol. The van der Waals surface area contributed by atoms with Crippen molar-refractivity contribution in [3.63, 3.8) is 0 Å². The van der Waals surface area contributed by atoms with Gasteiger partial charge in [0.1, 0.15) is 0 Å². The van der Waals surface area contributed by atoms with Crippen molar-refractivity contribution in [1.82, 2.24) is 5.32 Å². The first kappa shape index (κ1) is 15.2. The Hall–Kier alpha value is -0.240. The fourth-order valence-corrected chi connectivity index (χ4v) is 3.52. The Morgan fingerprint density at radius 1 is 1.16 bits per heavy atom. The third-order valence-corrected chi connectivity index (χ3v) is 4.82. The molecule has 1 aliphatic rings. The Bertz CT molecular complexity index is 406. The molecule has 1 aliphatic carbocycles. The second kappa shape index (κ2) is 7.52. The fraction of sp³-hybridized carbons (Fsp3) is 0.625.